The Kier molecular flexibility index (Phi) is 3.83. The lowest BCUT2D eigenvalue weighted by atomic mass is 10.2. The third-order valence-corrected chi connectivity index (χ3v) is 3.77. The molecular formula is C18H19N3O. The van der Waals surface area contributed by atoms with Crippen molar-refractivity contribution in [1.82, 2.24) is 9.88 Å². The van der Waals surface area contributed by atoms with Gasteiger partial charge in [0.25, 0.3) is 5.91 Å². The molecule has 0 fully saturated rings. The summed E-state index contributed by atoms with van der Waals surface area (Å²) in [6.45, 7) is 3.29. The number of nitrogens with zero attached hydrogens (tertiary/aromatic N) is 1. The largest absolute Gasteiger partial charge is 0.399 e. The second-order valence-corrected chi connectivity index (χ2v) is 5.26. The summed E-state index contributed by atoms with van der Waals surface area (Å²) in [5.74, 6) is -0.0690. The quantitative estimate of drug-likeness (QED) is 0.726. The van der Waals surface area contributed by atoms with E-state index in [-0.39, 0.29) is 5.91 Å². The van der Waals surface area contributed by atoms with Gasteiger partial charge in [0.05, 0.1) is 0 Å². The molecule has 0 saturated heterocycles. The molecule has 0 saturated carbocycles. The summed E-state index contributed by atoms with van der Waals surface area (Å²) in [5.41, 5.74) is 9.31. The van der Waals surface area contributed by atoms with Crippen LogP contribution in [0.15, 0.2) is 54.6 Å². The summed E-state index contributed by atoms with van der Waals surface area (Å²) in [7, 11) is 0. The molecular weight excluding hydrogens is 274 g/mol. The number of fused-ring (bicyclic) bond motifs is 1. The van der Waals surface area contributed by atoms with Gasteiger partial charge in [-0.15, -0.1) is 0 Å². The molecule has 0 aliphatic carbocycles. The zero-order chi connectivity index (χ0) is 15.5. The van der Waals surface area contributed by atoms with E-state index >= 15 is 0 Å². The Morgan fingerprint density at radius 3 is 2.64 bits per heavy atom. The fourth-order valence-electron chi connectivity index (χ4n) is 2.69. The highest BCUT2D eigenvalue weighted by atomic mass is 16.1. The highest BCUT2D eigenvalue weighted by molar-refractivity contribution is 5.99. The first-order valence-corrected chi connectivity index (χ1v) is 7.40. The number of hydrogen-bond donors (Lipinski definition) is 2. The molecule has 0 unspecified atom stereocenters. The Morgan fingerprint density at radius 1 is 1.14 bits per heavy atom. The molecule has 22 heavy (non-hydrogen) atoms. The number of aryl methyl sites for hydroxylation is 1. The Balaban J connectivity index is 1.87. The van der Waals surface area contributed by atoms with E-state index < -0.39 is 0 Å². The average Bonchev–Trinajstić information content (AvgIpc) is 2.91. The van der Waals surface area contributed by atoms with Gasteiger partial charge in [0, 0.05) is 29.7 Å². The van der Waals surface area contributed by atoms with Crippen molar-refractivity contribution in [1.29, 1.82) is 0 Å². The van der Waals surface area contributed by atoms with Gasteiger partial charge >= 0.3 is 0 Å². The molecule has 3 aromatic rings. The number of carbonyl (C=O) groups excluding carboxylic acids is 1. The lowest BCUT2D eigenvalue weighted by Crippen LogP contribution is -2.25. The molecule has 4 heteroatoms. The summed E-state index contributed by atoms with van der Waals surface area (Å²) in [5, 5.41) is 3.97. The summed E-state index contributed by atoms with van der Waals surface area (Å²) in [6, 6.07) is 17.5. The molecule has 1 amide bonds. The predicted molar refractivity (Wildman–Crippen MR) is 89.6 cm³/mol. The van der Waals surface area contributed by atoms with Crippen molar-refractivity contribution in [2.75, 3.05) is 5.73 Å². The van der Waals surface area contributed by atoms with Crippen LogP contribution in [0.2, 0.25) is 0 Å². The molecule has 2 aromatic carbocycles. The maximum atomic E-state index is 12.5. The van der Waals surface area contributed by atoms with Gasteiger partial charge in [0.1, 0.15) is 5.69 Å². The number of hydrogen-bond acceptors (Lipinski definition) is 2. The minimum absolute atomic E-state index is 0.0690. The molecule has 0 bridgehead atoms. The highest BCUT2D eigenvalue weighted by Crippen LogP contribution is 2.22. The molecule has 0 radical (unpaired) electrons. The number of rotatable bonds is 4. The van der Waals surface area contributed by atoms with Crippen LogP contribution >= 0.6 is 0 Å². The predicted octanol–water partition coefficient (Wildman–Crippen LogP) is 3.17. The standard InChI is InChI=1S/C18H19N3O/c1-2-21-16-9-8-15(19)10-14(16)11-17(21)18(22)20-12-13-6-4-3-5-7-13/h3-11H,2,12,19H2,1H3,(H,20,22). The summed E-state index contributed by atoms with van der Waals surface area (Å²) in [6.07, 6.45) is 0. The molecule has 1 heterocycles. The van der Waals surface area contributed by atoms with Crippen LogP contribution in [0.5, 0.6) is 0 Å². The zero-order valence-electron chi connectivity index (χ0n) is 12.5. The van der Waals surface area contributed by atoms with E-state index in [4.69, 9.17) is 5.73 Å². The van der Waals surface area contributed by atoms with Crippen LogP contribution in [0.3, 0.4) is 0 Å². The smallest absolute Gasteiger partial charge is 0.268 e. The van der Waals surface area contributed by atoms with Gasteiger partial charge in [-0.1, -0.05) is 30.3 Å². The van der Waals surface area contributed by atoms with E-state index in [1.165, 1.54) is 0 Å². The van der Waals surface area contributed by atoms with Gasteiger partial charge < -0.3 is 15.6 Å². The number of benzene rings is 2. The van der Waals surface area contributed by atoms with Crippen LogP contribution in [-0.4, -0.2) is 10.5 Å². The Labute approximate surface area is 129 Å². The van der Waals surface area contributed by atoms with Crippen molar-refractivity contribution in [3.8, 4) is 0 Å². The lowest BCUT2D eigenvalue weighted by Gasteiger charge is -2.09. The summed E-state index contributed by atoms with van der Waals surface area (Å²) in [4.78, 5) is 12.5. The number of nitrogen functional groups attached to an aromatic ring is 1. The van der Waals surface area contributed by atoms with Crippen molar-refractivity contribution in [2.24, 2.45) is 0 Å². The van der Waals surface area contributed by atoms with E-state index in [1.807, 2.05) is 66.1 Å². The second-order valence-electron chi connectivity index (χ2n) is 5.26. The van der Waals surface area contributed by atoms with Crippen LogP contribution in [0.4, 0.5) is 5.69 Å². The number of nitrogens with one attached hydrogen (secondary N) is 1. The second kappa shape index (κ2) is 5.93. The van der Waals surface area contributed by atoms with Crippen molar-refractivity contribution in [3.63, 3.8) is 0 Å². The van der Waals surface area contributed by atoms with Gasteiger partial charge in [0.2, 0.25) is 0 Å². The van der Waals surface area contributed by atoms with E-state index in [9.17, 15) is 4.79 Å². The molecule has 0 spiro atoms. The maximum absolute atomic E-state index is 12.5. The molecule has 4 nitrogen and oxygen atoms in total. The molecule has 112 valence electrons. The highest BCUT2D eigenvalue weighted by Gasteiger charge is 2.14. The lowest BCUT2D eigenvalue weighted by molar-refractivity contribution is 0.0942. The van der Waals surface area contributed by atoms with Crippen LogP contribution in [-0.2, 0) is 13.1 Å². The maximum Gasteiger partial charge on any atom is 0.268 e. The summed E-state index contributed by atoms with van der Waals surface area (Å²) >= 11 is 0. The van der Waals surface area contributed by atoms with Gasteiger partial charge in [-0.2, -0.15) is 0 Å². The Bertz CT molecular complexity index is 806. The van der Waals surface area contributed by atoms with Crippen LogP contribution in [0.1, 0.15) is 23.0 Å². The van der Waals surface area contributed by atoms with Gasteiger partial charge in [-0.3, -0.25) is 4.79 Å². The third kappa shape index (κ3) is 2.68. The minimum atomic E-state index is -0.0690. The fourth-order valence-corrected chi connectivity index (χ4v) is 2.69. The van der Waals surface area contributed by atoms with E-state index in [0.717, 1.165) is 23.0 Å². The van der Waals surface area contributed by atoms with Gasteiger partial charge in [0.15, 0.2) is 0 Å². The number of nitrogens with two attached hydrogens (primary N) is 1. The van der Waals surface area contributed by atoms with Crippen molar-refractivity contribution >= 4 is 22.5 Å². The van der Waals surface area contributed by atoms with Crippen molar-refractivity contribution in [2.45, 2.75) is 20.0 Å². The number of anilines is 1. The molecule has 3 rings (SSSR count). The minimum Gasteiger partial charge on any atom is -0.399 e. The monoisotopic (exact) mass is 293 g/mol. The first-order chi connectivity index (χ1) is 10.7. The fraction of sp³-hybridized carbons (Fsp3) is 0.167. The number of amides is 1. The van der Waals surface area contributed by atoms with E-state index in [0.29, 0.717) is 17.9 Å². The molecule has 0 aliphatic rings. The normalized spacial score (nSPS) is 10.8. The van der Waals surface area contributed by atoms with Crippen LogP contribution in [0, 0.1) is 0 Å². The van der Waals surface area contributed by atoms with Crippen molar-refractivity contribution < 1.29 is 4.79 Å². The first kappa shape index (κ1) is 14.2. The van der Waals surface area contributed by atoms with E-state index in [1.54, 1.807) is 0 Å². The van der Waals surface area contributed by atoms with Gasteiger partial charge in [-0.05, 0) is 36.8 Å². The summed E-state index contributed by atoms with van der Waals surface area (Å²) < 4.78 is 2.01. The molecule has 0 atom stereocenters. The van der Waals surface area contributed by atoms with Crippen LogP contribution in [0.25, 0.3) is 10.9 Å². The molecule has 1 aromatic heterocycles. The van der Waals surface area contributed by atoms with E-state index in [2.05, 4.69) is 5.32 Å². The Morgan fingerprint density at radius 2 is 1.91 bits per heavy atom. The average molecular weight is 293 g/mol. The van der Waals surface area contributed by atoms with Gasteiger partial charge in [-0.25, -0.2) is 0 Å². The Hall–Kier alpha value is -2.75. The first-order valence-electron chi connectivity index (χ1n) is 7.40. The SMILES string of the molecule is CCn1c(C(=O)NCc2ccccc2)cc2cc(N)ccc21. The number of carbonyl (C=O) groups is 1. The third-order valence-electron chi connectivity index (χ3n) is 3.77. The topological polar surface area (TPSA) is 60.0 Å². The van der Waals surface area contributed by atoms with Crippen molar-refractivity contribution in [3.05, 3.63) is 65.9 Å². The molecule has 0 aliphatic heterocycles. The molecule has 3 N–H and O–H groups in total. The number of aromatic nitrogens is 1. The zero-order valence-corrected chi connectivity index (χ0v) is 12.5. The van der Waals surface area contributed by atoms with Crippen LogP contribution < -0.4 is 11.1 Å².